The summed E-state index contributed by atoms with van der Waals surface area (Å²) in [5, 5.41) is 0. The maximum Gasteiger partial charge on any atom is 0.131 e. The number of ether oxygens (including phenoxy) is 1. The summed E-state index contributed by atoms with van der Waals surface area (Å²) in [4.78, 5) is 9.02. The van der Waals surface area contributed by atoms with Gasteiger partial charge in [-0.05, 0) is 29.3 Å². The van der Waals surface area contributed by atoms with Crippen LogP contribution in [0, 0.1) is 5.82 Å². The van der Waals surface area contributed by atoms with Gasteiger partial charge in [0, 0.05) is 43.1 Å². The zero-order valence-electron chi connectivity index (χ0n) is 16.5. The van der Waals surface area contributed by atoms with E-state index in [1.165, 1.54) is 6.33 Å². The van der Waals surface area contributed by atoms with Gasteiger partial charge in [-0.2, -0.15) is 0 Å². The van der Waals surface area contributed by atoms with Crippen molar-refractivity contribution in [2.75, 3.05) is 12.5 Å². The first-order chi connectivity index (χ1) is 13.4. The zero-order chi connectivity index (χ0) is 20.0. The summed E-state index contributed by atoms with van der Waals surface area (Å²) in [5.41, 5.74) is 3.04. The van der Waals surface area contributed by atoms with Crippen LogP contribution in [0.5, 0.6) is 0 Å². The van der Waals surface area contributed by atoms with Gasteiger partial charge in [-0.3, -0.25) is 0 Å². The predicted octanol–water partition coefficient (Wildman–Crippen LogP) is 6.35. The van der Waals surface area contributed by atoms with Crippen molar-refractivity contribution < 1.29 is 9.13 Å². The maximum absolute atomic E-state index is 14.7. The van der Waals surface area contributed by atoms with Gasteiger partial charge in [-0.15, -0.1) is 0 Å². The van der Waals surface area contributed by atoms with Gasteiger partial charge in [0.25, 0.3) is 0 Å². The second-order valence-electron chi connectivity index (χ2n) is 7.80. The molecule has 0 saturated heterocycles. The molecule has 0 atom stereocenters. The maximum atomic E-state index is 14.7. The Morgan fingerprint density at radius 1 is 0.964 bits per heavy atom. The Labute approximate surface area is 171 Å². The lowest BCUT2D eigenvalue weighted by Gasteiger charge is -2.15. The first kappa shape index (κ1) is 20.7. The van der Waals surface area contributed by atoms with Gasteiger partial charge < -0.3 is 4.74 Å². The molecule has 0 amide bonds. The van der Waals surface area contributed by atoms with Gasteiger partial charge >= 0.3 is 0 Å². The van der Waals surface area contributed by atoms with E-state index in [1.807, 2.05) is 24.3 Å². The van der Waals surface area contributed by atoms with Gasteiger partial charge in [0.05, 0.1) is 5.94 Å². The van der Waals surface area contributed by atoms with Crippen LogP contribution in [0.15, 0.2) is 66.1 Å². The molecular weight excluding hydrogens is 387 g/mol. The summed E-state index contributed by atoms with van der Waals surface area (Å²) in [6.45, 7) is 7.84. The molecule has 0 fully saturated rings. The van der Waals surface area contributed by atoms with Crippen LogP contribution in [0.3, 0.4) is 0 Å². The highest BCUT2D eigenvalue weighted by molar-refractivity contribution is 7.99. The van der Waals surface area contributed by atoms with Crippen LogP contribution in [0.4, 0.5) is 4.39 Å². The number of halogens is 1. The van der Waals surface area contributed by atoms with Gasteiger partial charge in [0.1, 0.15) is 12.1 Å². The molecule has 0 bridgehead atoms. The van der Waals surface area contributed by atoms with Crippen molar-refractivity contribution in [2.45, 2.75) is 30.6 Å². The number of thioether (sulfide) groups is 1. The number of aromatic nitrogens is 2. The molecule has 3 aromatic rings. The molecule has 1 aromatic heterocycles. The molecule has 1 heterocycles. The van der Waals surface area contributed by atoms with E-state index in [2.05, 4.69) is 35.7 Å². The van der Waals surface area contributed by atoms with Gasteiger partial charge in [0.15, 0.2) is 0 Å². The topological polar surface area (TPSA) is 35.0 Å². The predicted molar refractivity (Wildman–Crippen MR) is 118 cm³/mol. The molecule has 0 aliphatic heterocycles. The van der Waals surface area contributed by atoms with Crippen LogP contribution in [0.25, 0.3) is 22.3 Å². The van der Waals surface area contributed by atoms with Gasteiger partial charge in [-0.25, -0.2) is 14.4 Å². The molecule has 3 nitrogen and oxygen atoms in total. The third kappa shape index (κ3) is 5.74. The van der Waals surface area contributed by atoms with Gasteiger partial charge in [0.2, 0.25) is 0 Å². The largest absolute Gasteiger partial charge is 0.371 e. The van der Waals surface area contributed by atoms with Crippen molar-refractivity contribution in [1.29, 1.82) is 0 Å². The lowest BCUT2D eigenvalue weighted by Crippen LogP contribution is -2.21. The highest BCUT2D eigenvalue weighted by Gasteiger charge is 2.13. The number of hydrogen-bond donors (Lipinski definition) is 0. The average molecular weight is 413 g/mol. The van der Waals surface area contributed by atoms with Crippen molar-refractivity contribution in [3.05, 3.63) is 67.0 Å². The lowest BCUT2D eigenvalue weighted by atomic mass is 10.0. The minimum absolute atomic E-state index is 0.279. The molecular formula is C22H25FN2OSSi. The smallest absolute Gasteiger partial charge is 0.131 e. The quantitative estimate of drug-likeness (QED) is 0.187. The monoisotopic (exact) mass is 412 g/mol. The summed E-state index contributed by atoms with van der Waals surface area (Å²) < 4.78 is 20.5. The van der Waals surface area contributed by atoms with Crippen LogP contribution in [0.2, 0.25) is 25.7 Å². The Balaban J connectivity index is 1.73. The van der Waals surface area contributed by atoms with E-state index < -0.39 is 8.07 Å². The minimum Gasteiger partial charge on any atom is -0.371 e. The fraction of sp³-hybridized carbons (Fsp3) is 0.273. The van der Waals surface area contributed by atoms with E-state index in [-0.39, 0.29) is 5.82 Å². The van der Waals surface area contributed by atoms with E-state index in [4.69, 9.17) is 4.74 Å². The molecule has 0 saturated carbocycles. The van der Waals surface area contributed by atoms with Crippen LogP contribution >= 0.6 is 11.8 Å². The summed E-state index contributed by atoms with van der Waals surface area (Å²) in [6, 6.07) is 14.5. The zero-order valence-corrected chi connectivity index (χ0v) is 18.3. The molecule has 28 heavy (non-hydrogen) atoms. The van der Waals surface area contributed by atoms with Crippen LogP contribution in [-0.4, -0.2) is 30.6 Å². The van der Waals surface area contributed by atoms with Crippen molar-refractivity contribution >= 4 is 19.8 Å². The van der Waals surface area contributed by atoms with Crippen LogP contribution in [0.1, 0.15) is 0 Å². The Morgan fingerprint density at radius 2 is 1.71 bits per heavy atom. The van der Waals surface area contributed by atoms with Crippen molar-refractivity contribution in [2.24, 2.45) is 0 Å². The van der Waals surface area contributed by atoms with Gasteiger partial charge in [-0.1, -0.05) is 61.7 Å². The number of hydrogen-bond acceptors (Lipinski definition) is 4. The molecule has 0 unspecified atom stereocenters. The second-order valence-corrected chi connectivity index (χ2v) is 14.4. The summed E-state index contributed by atoms with van der Waals surface area (Å²) in [6.07, 6.45) is 4.67. The van der Waals surface area contributed by atoms with E-state index >= 15 is 0 Å². The number of nitrogens with zero attached hydrogens (tertiary/aromatic N) is 2. The number of benzene rings is 2. The minimum atomic E-state index is -1.07. The molecule has 3 rings (SSSR count). The highest BCUT2D eigenvalue weighted by Crippen LogP contribution is 2.34. The SMILES string of the molecule is C[Si](C)(C)CCOCSc1ccccc1-c1ccc(-c2cncnc2)c(F)c1. The first-order valence-corrected chi connectivity index (χ1v) is 14.0. The molecule has 0 N–H and O–H groups in total. The molecule has 0 radical (unpaired) electrons. The molecule has 0 spiro atoms. The third-order valence-corrected chi connectivity index (χ3v) is 6.99. The summed E-state index contributed by atoms with van der Waals surface area (Å²) >= 11 is 1.65. The fourth-order valence-electron chi connectivity index (χ4n) is 2.73. The van der Waals surface area contributed by atoms with E-state index in [1.54, 1.807) is 36.3 Å². The molecule has 2 aromatic carbocycles. The van der Waals surface area contributed by atoms with Crippen molar-refractivity contribution in [1.82, 2.24) is 9.97 Å². The first-order valence-electron chi connectivity index (χ1n) is 9.29. The summed E-state index contributed by atoms with van der Waals surface area (Å²) in [7, 11) is -1.07. The highest BCUT2D eigenvalue weighted by atomic mass is 32.2. The van der Waals surface area contributed by atoms with E-state index in [0.717, 1.165) is 28.7 Å². The molecule has 6 heteroatoms. The fourth-order valence-corrected chi connectivity index (χ4v) is 4.33. The van der Waals surface area contributed by atoms with Crippen LogP contribution < -0.4 is 0 Å². The second kappa shape index (κ2) is 9.45. The van der Waals surface area contributed by atoms with Crippen molar-refractivity contribution in [3.8, 4) is 22.3 Å². The van der Waals surface area contributed by atoms with Crippen LogP contribution in [-0.2, 0) is 4.74 Å². The molecule has 0 aliphatic carbocycles. The van der Waals surface area contributed by atoms with Crippen molar-refractivity contribution in [3.63, 3.8) is 0 Å². The Morgan fingerprint density at radius 3 is 2.43 bits per heavy atom. The number of rotatable bonds is 8. The van der Waals surface area contributed by atoms with E-state index in [0.29, 0.717) is 17.1 Å². The summed E-state index contributed by atoms with van der Waals surface area (Å²) in [5.74, 6) is 0.321. The van der Waals surface area contributed by atoms with E-state index in [9.17, 15) is 4.39 Å². The Bertz CT molecular complexity index is 916. The molecule has 0 aliphatic rings. The lowest BCUT2D eigenvalue weighted by molar-refractivity contribution is 0.198. The Kier molecular flexibility index (Phi) is 6.99. The molecule has 146 valence electrons. The third-order valence-electron chi connectivity index (χ3n) is 4.33. The standard InChI is InChI=1S/C22H25FN2OSSi/c1-28(2,3)11-10-26-16-27-22-7-5-4-6-20(22)17-8-9-19(21(23)12-17)18-13-24-15-25-14-18/h4-9,12-15H,10-11,16H2,1-3H3. The normalized spacial score (nSPS) is 11.6. The average Bonchev–Trinajstić information content (AvgIpc) is 2.68. The Hall–Kier alpha value is -2.02.